The van der Waals surface area contributed by atoms with E-state index in [2.05, 4.69) is 15.6 Å². The molecule has 152 valence electrons. The predicted molar refractivity (Wildman–Crippen MR) is 108 cm³/mol. The highest BCUT2D eigenvalue weighted by Crippen LogP contribution is 2.44. The first-order valence-electron chi connectivity index (χ1n) is 9.70. The minimum atomic E-state index is -0.669. The van der Waals surface area contributed by atoms with Crippen molar-refractivity contribution < 1.29 is 24.6 Å². The number of aromatic nitrogens is 1. The molecule has 3 aromatic rings. The number of aryl methyl sites for hydroxylation is 1. The molecule has 8 nitrogen and oxygen atoms in total. The summed E-state index contributed by atoms with van der Waals surface area (Å²) in [6.07, 6.45) is 0.772. The number of aromatic amines is 1. The number of benzene rings is 2. The lowest BCUT2D eigenvalue weighted by Gasteiger charge is -2.20. The number of rotatable bonds is 2. The highest BCUT2D eigenvalue weighted by Gasteiger charge is 2.41. The van der Waals surface area contributed by atoms with Crippen LogP contribution in [-0.2, 0) is 0 Å². The van der Waals surface area contributed by atoms with Crippen molar-refractivity contribution in [2.24, 2.45) is 0 Å². The molecule has 1 amide bonds. The van der Waals surface area contributed by atoms with Gasteiger partial charge in [0.1, 0.15) is 11.5 Å². The summed E-state index contributed by atoms with van der Waals surface area (Å²) in [6.45, 7) is 3.04. The summed E-state index contributed by atoms with van der Waals surface area (Å²) in [6, 6.07) is 6.37. The summed E-state index contributed by atoms with van der Waals surface area (Å²) in [5.74, 6) is -2.50. The Hall–Kier alpha value is -3.65. The maximum Gasteiger partial charge on any atom is 0.254 e. The molecule has 1 aliphatic carbocycles. The van der Waals surface area contributed by atoms with E-state index in [0.29, 0.717) is 12.2 Å². The highest BCUT2D eigenvalue weighted by molar-refractivity contribution is 6.34. The number of phenolic OH excluding ortho intramolecular Hbond substituents is 2. The van der Waals surface area contributed by atoms with E-state index in [9.17, 15) is 24.6 Å². The highest BCUT2D eigenvalue weighted by atomic mass is 16.3. The summed E-state index contributed by atoms with van der Waals surface area (Å²) in [7, 11) is 0. The fraction of sp³-hybridized carbons (Fsp3) is 0.227. The number of carbonyl (C=O) groups excluding carboxylic acids is 3. The van der Waals surface area contributed by atoms with Crippen LogP contribution in [0, 0.1) is 6.92 Å². The van der Waals surface area contributed by atoms with Gasteiger partial charge in [-0.2, -0.15) is 0 Å². The molecular weight excluding hydrogens is 386 g/mol. The number of hydrogen-bond acceptors (Lipinski definition) is 6. The number of ketones is 2. The van der Waals surface area contributed by atoms with Crippen molar-refractivity contribution in [2.75, 3.05) is 13.1 Å². The molecule has 8 heteroatoms. The molecule has 0 spiro atoms. The molecule has 1 fully saturated rings. The maximum atomic E-state index is 13.4. The third kappa shape index (κ3) is 2.40. The lowest BCUT2D eigenvalue weighted by molar-refractivity contribution is 0.0927. The summed E-state index contributed by atoms with van der Waals surface area (Å²) in [4.78, 5) is 42.4. The first-order valence-corrected chi connectivity index (χ1v) is 9.70. The van der Waals surface area contributed by atoms with Gasteiger partial charge in [0.15, 0.2) is 0 Å². The molecule has 0 unspecified atom stereocenters. The second-order valence-corrected chi connectivity index (χ2v) is 7.69. The van der Waals surface area contributed by atoms with Gasteiger partial charge < -0.3 is 25.8 Å². The minimum Gasteiger partial charge on any atom is -0.506 e. The molecule has 0 bridgehead atoms. The molecule has 5 N–H and O–H groups in total. The van der Waals surface area contributed by atoms with Crippen molar-refractivity contribution in [3.05, 3.63) is 57.9 Å². The minimum absolute atomic E-state index is 0.0512. The molecule has 1 atom stereocenters. The Balaban J connectivity index is 1.70. The van der Waals surface area contributed by atoms with Gasteiger partial charge in [-0.05, 0) is 19.9 Å². The predicted octanol–water partition coefficient (Wildman–Crippen LogP) is 1.75. The molecule has 5 rings (SSSR count). The van der Waals surface area contributed by atoms with Crippen LogP contribution in [0.2, 0.25) is 0 Å². The van der Waals surface area contributed by atoms with Crippen LogP contribution < -0.4 is 10.6 Å². The van der Waals surface area contributed by atoms with Gasteiger partial charge in [-0.3, -0.25) is 14.4 Å². The zero-order valence-corrected chi connectivity index (χ0v) is 16.1. The van der Waals surface area contributed by atoms with Gasteiger partial charge >= 0.3 is 0 Å². The van der Waals surface area contributed by atoms with Gasteiger partial charge in [-0.1, -0.05) is 24.3 Å². The lowest BCUT2D eigenvalue weighted by atomic mass is 9.83. The first kappa shape index (κ1) is 18.4. The number of fused-ring (bicyclic) bond motifs is 3. The quantitative estimate of drug-likeness (QED) is 0.323. The van der Waals surface area contributed by atoms with Crippen molar-refractivity contribution >= 4 is 28.2 Å². The number of nitrogens with one attached hydrogen (secondary N) is 3. The molecule has 0 radical (unpaired) electrons. The first-order chi connectivity index (χ1) is 14.4. The smallest absolute Gasteiger partial charge is 0.254 e. The van der Waals surface area contributed by atoms with Crippen molar-refractivity contribution in [2.45, 2.75) is 19.4 Å². The van der Waals surface area contributed by atoms with Crippen LogP contribution in [0.15, 0.2) is 24.3 Å². The van der Waals surface area contributed by atoms with Crippen LogP contribution in [0.3, 0.4) is 0 Å². The van der Waals surface area contributed by atoms with Gasteiger partial charge in [-0.25, -0.2) is 0 Å². The van der Waals surface area contributed by atoms with Gasteiger partial charge in [0.25, 0.3) is 5.91 Å². The molecule has 1 aromatic heterocycles. The van der Waals surface area contributed by atoms with E-state index in [1.807, 2.05) is 0 Å². The van der Waals surface area contributed by atoms with Crippen LogP contribution in [0.1, 0.15) is 54.4 Å². The van der Waals surface area contributed by atoms with E-state index < -0.39 is 17.5 Å². The van der Waals surface area contributed by atoms with E-state index in [0.717, 1.165) is 13.0 Å². The summed E-state index contributed by atoms with van der Waals surface area (Å²) >= 11 is 0. The third-order valence-corrected chi connectivity index (χ3v) is 5.88. The molecule has 2 aromatic carbocycles. The Bertz CT molecular complexity index is 1270. The zero-order valence-electron chi connectivity index (χ0n) is 16.1. The number of H-pyrrole nitrogens is 1. The second kappa shape index (κ2) is 6.43. The van der Waals surface area contributed by atoms with E-state index in [1.165, 1.54) is 0 Å². The molecule has 1 saturated heterocycles. The summed E-state index contributed by atoms with van der Waals surface area (Å²) in [5, 5.41) is 28.1. The third-order valence-electron chi connectivity index (χ3n) is 5.88. The van der Waals surface area contributed by atoms with Crippen LogP contribution >= 0.6 is 0 Å². The Morgan fingerprint density at radius 1 is 1.03 bits per heavy atom. The fourth-order valence-electron chi connectivity index (χ4n) is 4.44. The molecule has 2 heterocycles. The Labute approximate surface area is 170 Å². The van der Waals surface area contributed by atoms with E-state index in [-0.39, 0.29) is 56.3 Å². The molecule has 2 aliphatic rings. The van der Waals surface area contributed by atoms with Crippen LogP contribution in [0.25, 0.3) is 10.8 Å². The van der Waals surface area contributed by atoms with Crippen molar-refractivity contribution in [3.8, 4) is 11.5 Å². The van der Waals surface area contributed by atoms with E-state index in [4.69, 9.17) is 0 Å². The maximum absolute atomic E-state index is 13.4. The molecule has 1 aliphatic heterocycles. The zero-order chi connectivity index (χ0) is 21.2. The van der Waals surface area contributed by atoms with Crippen LogP contribution in [-0.4, -0.2) is 51.8 Å². The van der Waals surface area contributed by atoms with Gasteiger partial charge in [0.05, 0.1) is 27.9 Å². The average molecular weight is 405 g/mol. The SMILES string of the molecule is Cc1[nH]c2c(c1C(=O)N[C@H]1CCNC1)C(=O)c1c(c(O)c3ccccc3c1O)C2=O. The standard InChI is InChI=1S/C22H19N3O5/c1-9-13(22(30)25-10-6-7-23-8-10)14-17(24-9)21(29)16-15(20(14)28)18(26)11-4-2-3-5-12(11)19(16)27/h2-5,10,23-24,26-27H,6-8H2,1H3,(H,25,30)/t10-/m0/s1. The number of amides is 1. The number of aromatic hydroxyl groups is 2. The van der Waals surface area contributed by atoms with Crippen molar-refractivity contribution in [1.82, 2.24) is 15.6 Å². The number of carbonyl (C=O) groups is 3. The Morgan fingerprint density at radius 2 is 1.67 bits per heavy atom. The van der Waals surface area contributed by atoms with Crippen molar-refractivity contribution in [1.29, 1.82) is 0 Å². The van der Waals surface area contributed by atoms with Gasteiger partial charge in [-0.15, -0.1) is 0 Å². The largest absolute Gasteiger partial charge is 0.506 e. The fourth-order valence-corrected chi connectivity index (χ4v) is 4.44. The summed E-state index contributed by atoms with van der Waals surface area (Å²) in [5.41, 5.74) is -0.186. The molecule has 30 heavy (non-hydrogen) atoms. The monoisotopic (exact) mass is 405 g/mol. The molecular formula is C22H19N3O5. The Morgan fingerprint density at radius 3 is 2.27 bits per heavy atom. The van der Waals surface area contributed by atoms with Gasteiger partial charge in [0, 0.05) is 29.1 Å². The summed E-state index contributed by atoms with van der Waals surface area (Å²) < 4.78 is 0. The van der Waals surface area contributed by atoms with Crippen LogP contribution in [0.5, 0.6) is 11.5 Å². The lowest BCUT2D eigenvalue weighted by Crippen LogP contribution is -2.37. The number of hydrogen-bond donors (Lipinski definition) is 5. The Kier molecular flexibility index (Phi) is 3.94. The van der Waals surface area contributed by atoms with Crippen LogP contribution in [0.4, 0.5) is 0 Å². The average Bonchev–Trinajstić information content (AvgIpc) is 3.36. The second-order valence-electron chi connectivity index (χ2n) is 7.69. The van der Waals surface area contributed by atoms with E-state index >= 15 is 0 Å². The van der Waals surface area contributed by atoms with Crippen molar-refractivity contribution in [3.63, 3.8) is 0 Å². The number of phenols is 2. The molecule has 0 saturated carbocycles. The van der Waals surface area contributed by atoms with E-state index in [1.54, 1.807) is 31.2 Å². The van der Waals surface area contributed by atoms with Gasteiger partial charge in [0.2, 0.25) is 11.6 Å². The topological polar surface area (TPSA) is 132 Å². The normalized spacial score (nSPS) is 17.8.